The van der Waals surface area contributed by atoms with E-state index in [-0.39, 0.29) is 5.41 Å². The number of benzene rings is 2. The third-order valence-corrected chi connectivity index (χ3v) is 4.74. The van der Waals surface area contributed by atoms with Crippen LogP contribution in [0.5, 0.6) is 0 Å². The Morgan fingerprint density at radius 1 is 1.05 bits per heavy atom. The highest BCUT2D eigenvalue weighted by Gasteiger charge is 2.37. The number of anilines is 1. The second kappa shape index (κ2) is 6.13. The first-order valence-electron chi connectivity index (χ1n) is 8.19. The van der Waals surface area contributed by atoms with Gasteiger partial charge in [0.1, 0.15) is 0 Å². The number of fused-ring (bicyclic) bond motifs is 1. The van der Waals surface area contributed by atoms with Gasteiger partial charge in [0.25, 0.3) is 0 Å². The van der Waals surface area contributed by atoms with Gasteiger partial charge in [-0.15, -0.1) is 0 Å². The summed E-state index contributed by atoms with van der Waals surface area (Å²) in [7, 11) is 2.03. The van der Waals surface area contributed by atoms with Gasteiger partial charge in [0, 0.05) is 17.6 Å². The molecule has 0 fully saturated rings. The molecule has 3 rings (SSSR count). The van der Waals surface area contributed by atoms with E-state index in [1.54, 1.807) is 0 Å². The summed E-state index contributed by atoms with van der Waals surface area (Å²) in [5, 5.41) is 3.31. The molecule has 0 aromatic heterocycles. The zero-order chi connectivity index (χ0) is 15.6. The van der Waals surface area contributed by atoms with E-state index in [2.05, 4.69) is 78.7 Å². The highest BCUT2D eigenvalue weighted by molar-refractivity contribution is 5.63. The Morgan fingerprint density at radius 3 is 2.45 bits per heavy atom. The second-order valence-corrected chi connectivity index (χ2v) is 6.85. The third-order valence-electron chi connectivity index (χ3n) is 4.74. The van der Waals surface area contributed by atoms with Crippen molar-refractivity contribution in [3.8, 4) is 0 Å². The third kappa shape index (κ3) is 2.76. The zero-order valence-electron chi connectivity index (χ0n) is 13.8. The van der Waals surface area contributed by atoms with Crippen molar-refractivity contribution in [3.05, 3.63) is 65.7 Å². The molecule has 0 saturated carbocycles. The average Bonchev–Trinajstić information content (AvgIpc) is 2.81. The summed E-state index contributed by atoms with van der Waals surface area (Å²) in [4.78, 5) is 2.60. The predicted molar refractivity (Wildman–Crippen MR) is 94.5 cm³/mol. The van der Waals surface area contributed by atoms with Gasteiger partial charge in [-0.05, 0) is 37.2 Å². The highest BCUT2D eigenvalue weighted by Crippen LogP contribution is 2.44. The normalized spacial score (nSPS) is 17.3. The quantitative estimate of drug-likeness (QED) is 0.892. The number of nitrogens with zero attached hydrogens (tertiary/aromatic N) is 1. The first-order valence-corrected chi connectivity index (χ1v) is 8.19. The van der Waals surface area contributed by atoms with Crippen LogP contribution in [0.1, 0.15) is 37.4 Å². The van der Waals surface area contributed by atoms with E-state index in [1.807, 2.05) is 7.05 Å². The molecule has 0 saturated heterocycles. The van der Waals surface area contributed by atoms with Gasteiger partial charge in [-0.25, -0.2) is 0 Å². The fourth-order valence-electron chi connectivity index (χ4n) is 3.63. The molecule has 1 aliphatic heterocycles. The van der Waals surface area contributed by atoms with Crippen LogP contribution in [0, 0.1) is 0 Å². The second-order valence-electron chi connectivity index (χ2n) is 6.85. The Balaban J connectivity index is 1.99. The molecule has 0 bridgehead atoms. The molecule has 1 aliphatic rings. The lowest BCUT2D eigenvalue weighted by molar-refractivity contribution is 0.496. The molecule has 1 atom stereocenters. The summed E-state index contributed by atoms with van der Waals surface area (Å²) in [6.07, 6.45) is 1.12. The van der Waals surface area contributed by atoms with Crippen molar-refractivity contribution in [2.45, 2.75) is 31.7 Å². The van der Waals surface area contributed by atoms with Crippen molar-refractivity contribution >= 4 is 5.69 Å². The van der Waals surface area contributed by atoms with Gasteiger partial charge in [-0.1, -0.05) is 62.4 Å². The Bertz CT molecular complexity index is 619. The SMILES string of the molecule is CNCC[C@@H](c1ccccc1)N1CC(C)(C)c2ccccc21. The summed E-state index contributed by atoms with van der Waals surface area (Å²) in [6, 6.07) is 20.2. The van der Waals surface area contributed by atoms with Crippen LogP contribution < -0.4 is 10.2 Å². The maximum Gasteiger partial charge on any atom is 0.0554 e. The molecule has 0 unspecified atom stereocenters. The molecule has 0 spiro atoms. The Morgan fingerprint density at radius 2 is 1.73 bits per heavy atom. The lowest BCUT2D eigenvalue weighted by Gasteiger charge is -2.32. The van der Waals surface area contributed by atoms with Gasteiger partial charge in [0.15, 0.2) is 0 Å². The molecule has 2 aromatic rings. The molecule has 0 amide bonds. The minimum Gasteiger partial charge on any atom is -0.363 e. The molecule has 1 heterocycles. The fourth-order valence-corrected chi connectivity index (χ4v) is 3.63. The maximum absolute atomic E-state index is 3.31. The summed E-state index contributed by atoms with van der Waals surface area (Å²) >= 11 is 0. The number of hydrogen-bond acceptors (Lipinski definition) is 2. The summed E-state index contributed by atoms with van der Waals surface area (Å²) in [5.41, 5.74) is 4.49. The molecule has 2 nitrogen and oxygen atoms in total. The lowest BCUT2D eigenvalue weighted by Crippen LogP contribution is -2.33. The monoisotopic (exact) mass is 294 g/mol. The van der Waals surface area contributed by atoms with Crippen LogP contribution in [-0.4, -0.2) is 20.1 Å². The largest absolute Gasteiger partial charge is 0.363 e. The number of rotatable bonds is 5. The molecular formula is C20H26N2. The minimum atomic E-state index is 0.212. The van der Waals surface area contributed by atoms with Crippen LogP contribution in [0.25, 0.3) is 0 Å². The van der Waals surface area contributed by atoms with Crippen molar-refractivity contribution in [1.29, 1.82) is 0 Å². The van der Waals surface area contributed by atoms with Gasteiger partial charge in [-0.3, -0.25) is 0 Å². The fraction of sp³-hybridized carbons (Fsp3) is 0.400. The summed E-state index contributed by atoms with van der Waals surface area (Å²) < 4.78 is 0. The van der Waals surface area contributed by atoms with Gasteiger partial charge in [0.2, 0.25) is 0 Å². The van der Waals surface area contributed by atoms with Crippen LogP contribution in [0.15, 0.2) is 54.6 Å². The maximum atomic E-state index is 3.31. The van der Waals surface area contributed by atoms with E-state index in [9.17, 15) is 0 Å². The van der Waals surface area contributed by atoms with Crippen molar-refractivity contribution in [2.24, 2.45) is 0 Å². The van der Waals surface area contributed by atoms with Gasteiger partial charge < -0.3 is 10.2 Å². The van der Waals surface area contributed by atoms with Crippen LogP contribution >= 0.6 is 0 Å². The van der Waals surface area contributed by atoms with Gasteiger partial charge in [0.05, 0.1) is 6.04 Å². The average molecular weight is 294 g/mol. The standard InChI is InChI=1S/C20H26N2/c1-20(2)15-22(19-12-8-7-11-17(19)20)18(13-14-21-3)16-9-5-4-6-10-16/h4-12,18,21H,13-15H2,1-3H3/t18-/m0/s1. The molecule has 1 N–H and O–H groups in total. The van der Waals surface area contributed by atoms with E-state index < -0.39 is 0 Å². The summed E-state index contributed by atoms with van der Waals surface area (Å²) in [5.74, 6) is 0. The number of nitrogens with one attached hydrogen (secondary N) is 1. The molecule has 116 valence electrons. The van der Waals surface area contributed by atoms with E-state index in [1.165, 1.54) is 16.8 Å². The smallest absolute Gasteiger partial charge is 0.0554 e. The van der Waals surface area contributed by atoms with E-state index in [0.29, 0.717) is 6.04 Å². The highest BCUT2D eigenvalue weighted by atomic mass is 15.2. The van der Waals surface area contributed by atoms with Crippen molar-refractivity contribution in [2.75, 3.05) is 25.0 Å². The first kappa shape index (κ1) is 15.1. The molecule has 0 radical (unpaired) electrons. The summed E-state index contributed by atoms with van der Waals surface area (Å²) in [6.45, 7) is 6.81. The van der Waals surface area contributed by atoms with Gasteiger partial charge >= 0.3 is 0 Å². The predicted octanol–water partition coefficient (Wildman–Crippen LogP) is 4.14. The molecule has 2 heteroatoms. The topological polar surface area (TPSA) is 15.3 Å². The van der Waals surface area contributed by atoms with Gasteiger partial charge in [-0.2, -0.15) is 0 Å². The van der Waals surface area contributed by atoms with Crippen molar-refractivity contribution < 1.29 is 0 Å². The van der Waals surface area contributed by atoms with Crippen LogP contribution in [0.3, 0.4) is 0 Å². The zero-order valence-corrected chi connectivity index (χ0v) is 13.8. The Hall–Kier alpha value is -1.80. The molecule has 2 aromatic carbocycles. The Labute approximate surface area is 134 Å². The van der Waals surface area contributed by atoms with Crippen molar-refractivity contribution in [3.63, 3.8) is 0 Å². The minimum absolute atomic E-state index is 0.212. The van der Waals surface area contributed by atoms with E-state index in [0.717, 1.165) is 19.5 Å². The number of hydrogen-bond donors (Lipinski definition) is 1. The molecule has 22 heavy (non-hydrogen) atoms. The van der Waals surface area contributed by atoms with E-state index in [4.69, 9.17) is 0 Å². The number of para-hydroxylation sites is 1. The van der Waals surface area contributed by atoms with Crippen molar-refractivity contribution in [1.82, 2.24) is 5.32 Å². The van der Waals surface area contributed by atoms with E-state index >= 15 is 0 Å². The van der Waals surface area contributed by atoms with Crippen LogP contribution in [0.2, 0.25) is 0 Å². The molecule has 0 aliphatic carbocycles. The van der Waals surface area contributed by atoms with Crippen LogP contribution in [0.4, 0.5) is 5.69 Å². The Kier molecular flexibility index (Phi) is 4.21. The van der Waals surface area contributed by atoms with Crippen LogP contribution in [-0.2, 0) is 5.41 Å². The lowest BCUT2D eigenvalue weighted by atomic mass is 9.87. The first-order chi connectivity index (χ1) is 10.6. The molecular weight excluding hydrogens is 268 g/mol.